The summed E-state index contributed by atoms with van der Waals surface area (Å²) >= 11 is 1.80. The summed E-state index contributed by atoms with van der Waals surface area (Å²) in [5, 5.41) is 4.35. The van der Waals surface area contributed by atoms with Crippen LogP contribution in [0.15, 0.2) is 150 Å². The minimum atomic E-state index is -0.452. The number of rotatable bonds is 4. The minimum absolute atomic E-state index is 0.0173. The molecule has 0 aliphatic heterocycles. The topological polar surface area (TPSA) is 38.9 Å². The maximum atomic E-state index is 8.65. The molecule has 0 aliphatic carbocycles. The van der Waals surface area contributed by atoms with Crippen LogP contribution < -0.4 is 0 Å². The second-order valence-corrected chi connectivity index (χ2v) is 11.7. The molecule has 206 valence electrons. The van der Waals surface area contributed by atoms with Crippen molar-refractivity contribution in [3.8, 4) is 45.0 Å². The molecule has 0 amide bonds. The van der Waals surface area contributed by atoms with Gasteiger partial charge in [0.1, 0.15) is 11.2 Å². The molecule has 0 N–H and O–H groups in total. The number of nitrogens with zero attached hydrogens (tertiary/aromatic N) is 2. The molecule has 0 fully saturated rings. The van der Waals surface area contributed by atoms with Crippen LogP contribution in [0.1, 0.15) is 6.85 Å². The molecule has 0 saturated heterocycles. The second kappa shape index (κ2) is 10.0. The predicted molar refractivity (Wildman–Crippen MR) is 184 cm³/mol. The maximum absolute atomic E-state index is 8.65. The highest BCUT2D eigenvalue weighted by atomic mass is 32.1. The van der Waals surface area contributed by atoms with E-state index in [1.807, 2.05) is 54.6 Å². The lowest BCUT2D eigenvalue weighted by Gasteiger charge is -2.09. The van der Waals surface area contributed by atoms with Crippen LogP contribution in [0, 0.1) is 0 Å². The van der Waals surface area contributed by atoms with Crippen molar-refractivity contribution in [2.75, 3.05) is 0 Å². The molecule has 0 bridgehead atoms. The van der Waals surface area contributed by atoms with E-state index >= 15 is 0 Å². The number of para-hydroxylation sites is 1. The van der Waals surface area contributed by atoms with Crippen molar-refractivity contribution in [3.05, 3.63) is 145 Å². The van der Waals surface area contributed by atoms with Gasteiger partial charge in [-0.2, -0.15) is 0 Å². The van der Waals surface area contributed by atoms with Crippen LogP contribution in [0.2, 0.25) is 0 Å². The van der Waals surface area contributed by atoms with E-state index in [9.17, 15) is 0 Å². The zero-order valence-electron chi connectivity index (χ0n) is 28.2. The van der Waals surface area contributed by atoms with Gasteiger partial charge in [-0.3, -0.25) is 0 Å². The summed E-state index contributed by atoms with van der Waals surface area (Å²) in [7, 11) is 0. The van der Waals surface area contributed by atoms with E-state index < -0.39 is 18.1 Å². The first-order chi connectivity index (χ1) is 23.9. The largest absolute Gasteiger partial charge is 0.455 e. The molecule has 0 aliphatic rings. The summed E-state index contributed by atoms with van der Waals surface area (Å²) in [6, 6.07) is 36.3. The Bertz CT molecular complexity index is 2760. The molecule has 0 saturated carbocycles. The number of aromatic nitrogens is 2. The van der Waals surface area contributed by atoms with Crippen molar-refractivity contribution in [1.82, 2.24) is 9.97 Å². The summed E-state index contributed by atoms with van der Waals surface area (Å²) in [6.07, 6.45) is 0. The third kappa shape index (κ3) is 4.03. The van der Waals surface area contributed by atoms with Crippen LogP contribution in [-0.4, -0.2) is 9.97 Å². The van der Waals surface area contributed by atoms with Gasteiger partial charge in [0.15, 0.2) is 5.82 Å². The van der Waals surface area contributed by atoms with Crippen molar-refractivity contribution < 1.29 is 11.3 Å². The Morgan fingerprint density at radius 3 is 2.14 bits per heavy atom. The van der Waals surface area contributed by atoms with E-state index in [1.165, 1.54) is 20.2 Å². The molecular weight excluding hydrogens is 557 g/mol. The van der Waals surface area contributed by atoms with Gasteiger partial charge < -0.3 is 4.42 Å². The average molecular weight is 586 g/mol. The fraction of sp³-hybridized carbons (Fsp3) is 0. The van der Waals surface area contributed by atoms with Gasteiger partial charge in [0, 0.05) is 42.1 Å². The third-order valence-electron chi connectivity index (χ3n) is 8.00. The molecule has 3 nitrogen and oxygen atoms in total. The first kappa shape index (κ1) is 20.3. The fourth-order valence-electron chi connectivity index (χ4n) is 5.95. The molecule has 44 heavy (non-hydrogen) atoms. The van der Waals surface area contributed by atoms with Crippen molar-refractivity contribution in [2.45, 2.75) is 0 Å². The zero-order valence-corrected chi connectivity index (χ0v) is 24.0. The minimum Gasteiger partial charge on any atom is -0.455 e. The molecule has 6 aromatic carbocycles. The lowest BCUT2D eigenvalue weighted by Crippen LogP contribution is -1.96. The number of thiophene rings is 1. The number of hydrogen-bond acceptors (Lipinski definition) is 4. The molecular formula is C40H24N2OS. The summed E-state index contributed by atoms with van der Waals surface area (Å²) < 4.78 is 51.0. The standard InChI is InChI=1S/C40H24N2OS/c1-3-11-25(12-4-1)34-24-35(26-13-5-2-6-14-26)42-40(41-34)32-19-10-17-30-33-23-27(21-22-36(33)43-38(30)32)28-16-9-18-31-29-15-7-8-20-37(29)44-39(28)31/h1-24H/i1D,3D,4D,11D,12D. The van der Waals surface area contributed by atoms with E-state index in [-0.39, 0.29) is 23.3 Å². The van der Waals surface area contributed by atoms with Gasteiger partial charge >= 0.3 is 0 Å². The van der Waals surface area contributed by atoms with Crippen LogP contribution in [0.3, 0.4) is 0 Å². The molecule has 0 unspecified atom stereocenters. The molecule has 3 aromatic heterocycles. The fourth-order valence-corrected chi connectivity index (χ4v) is 7.19. The van der Waals surface area contributed by atoms with Crippen LogP contribution in [0.4, 0.5) is 0 Å². The lowest BCUT2D eigenvalue weighted by molar-refractivity contribution is 0.669. The van der Waals surface area contributed by atoms with Gasteiger partial charge in [0.05, 0.1) is 23.8 Å². The molecule has 0 radical (unpaired) electrons. The quantitative estimate of drug-likeness (QED) is 0.206. The maximum Gasteiger partial charge on any atom is 0.164 e. The number of hydrogen-bond donors (Lipinski definition) is 0. The van der Waals surface area contributed by atoms with E-state index in [2.05, 4.69) is 54.6 Å². The zero-order chi connectivity index (χ0) is 33.4. The van der Waals surface area contributed by atoms with Crippen LogP contribution in [0.25, 0.3) is 87.1 Å². The highest BCUT2D eigenvalue weighted by Crippen LogP contribution is 2.42. The molecule has 9 aromatic rings. The number of fused-ring (bicyclic) bond motifs is 6. The lowest BCUT2D eigenvalue weighted by atomic mass is 10.00. The Labute approximate surface area is 264 Å². The van der Waals surface area contributed by atoms with Crippen molar-refractivity contribution in [1.29, 1.82) is 0 Å². The van der Waals surface area contributed by atoms with E-state index in [0.717, 1.165) is 33.0 Å². The Morgan fingerprint density at radius 2 is 1.27 bits per heavy atom. The van der Waals surface area contributed by atoms with Gasteiger partial charge in [-0.1, -0.05) is 115 Å². The average Bonchev–Trinajstić information content (AvgIpc) is 3.72. The van der Waals surface area contributed by atoms with Gasteiger partial charge in [-0.15, -0.1) is 11.3 Å². The Kier molecular flexibility index (Phi) is 4.63. The first-order valence-electron chi connectivity index (χ1n) is 16.8. The summed E-state index contributed by atoms with van der Waals surface area (Å²) in [5.41, 5.74) is 5.81. The SMILES string of the molecule is [2H]c1c([2H])c([2H])c(-c2cc(-c3ccccc3)nc(-c3cccc4c3oc3ccc(-c5cccc6c5sc5ccccc56)cc34)n2)c([2H])c1[2H]. The van der Waals surface area contributed by atoms with Gasteiger partial charge in [0.25, 0.3) is 0 Å². The molecule has 4 heteroatoms. The summed E-state index contributed by atoms with van der Waals surface area (Å²) in [4.78, 5) is 9.77. The molecule has 9 rings (SSSR count). The predicted octanol–water partition coefficient (Wildman–Crippen LogP) is 11.4. The first-order valence-corrected chi connectivity index (χ1v) is 15.1. The highest BCUT2D eigenvalue weighted by Gasteiger charge is 2.18. The molecule has 3 heterocycles. The normalized spacial score (nSPS) is 13.2. The molecule has 0 spiro atoms. The summed E-state index contributed by atoms with van der Waals surface area (Å²) in [5.74, 6) is 0.322. The third-order valence-corrected chi connectivity index (χ3v) is 9.22. The van der Waals surface area contributed by atoms with Crippen molar-refractivity contribution in [2.24, 2.45) is 0 Å². The van der Waals surface area contributed by atoms with Crippen molar-refractivity contribution in [3.63, 3.8) is 0 Å². The Hall–Kier alpha value is -5.58. The van der Waals surface area contributed by atoms with Crippen LogP contribution >= 0.6 is 11.3 Å². The molecule has 0 atom stereocenters. The Morgan fingerprint density at radius 1 is 0.545 bits per heavy atom. The van der Waals surface area contributed by atoms with E-state index in [4.69, 9.17) is 21.2 Å². The van der Waals surface area contributed by atoms with Gasteiger partial charge in [-0.25, -0.2) is 9.97 Å². The van der Waals surface area contributed by atoms with Crippen LogP contribution in [0.5, 0.6) is 0 Å². The van der Waals surface area contributed by atoms with Crippen molar-refractivity contribution >= 4 is 53.4 Å². The highest BCUT2D eigenvalue weighted by molar-refractivity contribution is 7.26. The Balaban J connectivity index is 1.25. The van der Waals surface area contributed by atoms with E-state index in [1.54, 1.807) is 17.4 Å². The van der Waals surface area contributed by atoms with Gasteiger partial charge in [-0.05, 0) is 41.5 Å². The monoisotopic (exact) mass is 585 g/mol. The van der Waals surface area contributed by atoms with Crippen LogP contribution in [-0.2, 0) is 0 Å². The number of benzene rings is 6. The van der Waals surface area contributed by atoms with E-state index in [0.29, 0.717) is 22.7 Å². The smallest absolute Gasteiger partial charge is 0.164 e. The summed E-state index contributed by atoms with van der Waals surface area (Å²) in [6.45, 7) is 0. The second-order valence-electron chi connectivity index (χ2n) is 10.6. The van der Waals surface area contributed by atoms with Gasteiger partial charge in [0.2, 0.25) is 0 Å². The number of furan rings is 1.